The van der Waals surface area contributed by atoms with Crippen LogP contribution < -0.4 is 10.1 Å². The topological polar surface area (TPSA) is 95.3 Å². The van der Waals surface area contributed by atoms with E-state index in [1.54, 1.807) is 20.8 Å². The highest BCUT2D eigenvalue weighted by atomic mass is 35.5. The van der Waals surface area contributed by atoms with E-state index in [9.17, 15) is 14.0 Å². The third-order valence-corrected chi connectivity index (χ3v) is 6.68. The van der Waals surface area contributed by atoms with Gasteiger partial charge in [0, 0.05) is 18.6 Å². The molecule has 2 atom stereocenters. The molecule has 0 radical (unpaired) electrons. The molecule has 1 aliphatic rings. The molecule has 2 rings (SSSR count). The minimum Gasteiger partial charge on any atom is -0.490 e. The summed E-state index contributed by atoms with van der Waals surface area (Å²) in [4.78, 5) is 25.8. The fourth-order valence-electron chi connectivity index (χ4n) is 3.40. The molecule has 1 aliphatic heterocycles. The van der Waals surface area contributed by atoms with E-state index < -0.39 is 53.7 Å². The number of nitrogens with one attached hydrogen (secondary N) is 1. The number of hydrogen-bond acceptors (Lipinski definition) is 8. The van der Waals surface area contributed by atoms with E-state index >= 15 is 0 Å². The first-order chi connectivity index (χ1) is 17.0. The Hall–Kier alpha value is -1.86. The molecule has 1 unspecified atom stereocenters. The van der Waals surface area contributed by atoms with E-state index in [1.165, 1.54) is 19.2 Å². The Morgan fingerprint density at radius 2 is 1.81 bits per heavy atom. The highest BCUT2D eigenvalue weighted by Gasteiger charge is 2.58. The molecule has 0 aromatic heterocycles. The van der Waals surface area contributed by atoms with Gasteiger partial charge in [0.05, 0.1) is 24.4 Å². The van der Waals surface area contributed by atoms with Crippen LogP contribution in [0.5, 0.6) is 5.75 Å². The van der Waals surface area contributed by atoms with Crippen molar-refractivity contribution in [1.82, 2.24) is 5.32 Å². The van der Waals surface area contributed by atoms with Gasteiger partial charge >= 0.3 is 19.1 Å². The van der Waals surface area contributed by atoms with E-state index in [0.29, 0.717) is 0 Å². The number of benzene rings is 1. The van der Waals surface area contributed by atoms with Crippen molar-refractivity contribution in [3.05, 3.63) is 29.0 Å². The van der Waals surface area contributed by atoms with Gasteiger partial charge in [-0.25, -0.2) is 14.0 Å². The summed E-state index contributed by atoms with van der Waals surface area (Å²) in [5.41, 5.74) is -2.16. The molecular formula is C24H36BClFN2O7S+. The largest absolute Gasteiger partial charge is 0.535 e. The summed E-state index contributed by atoms with van der Waals surface area (Å²) < 4.78 is 43.5. The lowest BCUT2D eigenvalue weighted by atomic mass is 9.76. The number of ether oxygens (including phenoxy) is 3. The minimum atomic E-state index is -1.13. The molecule has 1 saturated heterocycles. The van der Waals surface area contributed by atoms with Crippen LogP contribution in [0, 0.1) is 5.82 Å². The standard InChI is InChI=1S/C24H35BClFN2O7S/c1-22(2,3)34-21(31)28-17(14-32-8)20(30)29(37)19(25-35-23(4,5)24(6,7)36-25)11-12-33-18-10-9-15(26)13-16(18)27/h9-10,13,17,19H,11-12,14H2,1-8H3/p+1/t17-,19?/m1/s1. The smallest absolute Gasteiger partial charge is 0.490 e. The van der Waals surface area contributed by atoms with Crippen LogP contribution in [0.25, 0.3) is 0 Å². The predicted molar refractivity (Wildman–Crippen MR) is 139 cm³/mol. The third kappa shape index (κ3) is 8.57. The number of alkyl carbamates (subject to hydrolysis) is 1. The van der Waals surface area contributed by atoms with Gasteiger partial charge in [-0.05, 0) is 66.7 Å². The number of hydrogen-bond donors (Lipinski definition) is 1. The lowest BCUT2D eigenvalue weighted by Crippen LogP contribution is -2.54. The van der Waals surface area contributed by atoms with Gasteiger partial charge in [-0.15, -0.1) is 0 Å². The second-order valence-corrected chi connectivity index (χ2v) is 11.6. The molecule has 1 fully saturated rings. The monoisotopic (exact) mass is 561 g/mol. The van der Waals surface area contributed by atoms with Gasteiger partial charge in [0.2, 0.25) is 5.94 Å². The zero-order valence-electron chi connectivity index (χ0n) is 22.6. The van der Waals surface area contributed by atoms with Crippen molar-refractivity contribution >= 4 is 43.1 Å². The Kier molecular flexibility index (Phi) is 10.5. The Morgan fingerprint density at radius 3 is 2.32 bits per heavy atom. The lowest BCUT2D eigenvalue weighted by molar-refractivity contribution is -0.448. The highest BCUT2D eigenvalue weighted by molar-refractivity contribution is 7.44. The Balaban J connectivity index is 2.24. The van der Waals surface area contributed by atoms with E-state index in [2.05, 4.69) is 5.32 Å². The molecule has 1 aromatic rings. The number of halogens is 2. The molecule has 206 valence electrons. The predicted octanol–water partition coefficient (Wildman–Crippen LogP) is 4.06. The Bertz CT molecular complexity index is 990. The van der Waals surface area contributed by atoms with Gasteiger partial charge in [0.1, 0.15) is 5.60 Å². The number of amides is 2. The molecule has 0 spiro atoms. The average Bonchev–Trinajstić information content (AvgIpc) is 2.96. The summed E-state index contributed by atoms with van der Waals surface area (Å²) in [6.07, 6.45) is -0.652. The van der Waals surface area contributed by atoms with Crippen molar-refractivity contribution in [2.24, 2.45) is 0 Å². The molecule has 1 N–H and O–H groups in total. The number of carbonyl (C=O) groups is 2. The zero-order valence-corrected chi connectivity index (χ0v) is 24.1. The molecule has 1 aromatic carbocycles. The molecular weight excluding hydrogens is 526 g/mol. The molecule has 37 heavy (non-hydrogen) atoms. The average molecular weight is 562 g/mol. The SMILES string of the molecule is COC[C@@H](NC(=O)OC(C)(C)C)C(=O)[N+](=S)C(CCOc1ccc(Cl)cc1F)B1OC(C)(C)C(C)(C)O1. The fourth-order valence-corrected chi connectivity index (χ4v) is 3.89. The van der Waals surface area contributed by atoms with Crippen molar-refractivity contribution in [3.8, 4) is 5.75 Å². The first kappa shape index (κ1) is 31.4. The summed E-state index contributed by atoms with van der Waals surface area (Å²) in [6, 6.07) is 2.93. The van der Waals surface area contributed by atoms with Crippen LogP contribution in [0.2, 0.25) is 5.02 Å². The minimum absolute atomic E-state index is 0.00293. The second-order valence-electron chi connectivity index (χ2n) is 10.7. The maximum absolute atomic E-state index is 14.2. The molecule has 9 nitrogen and oxygen atoms in total. The van der Waals surface area contributed by atoms with Crippen molar-refractivity contribution in [2.75, 3.05) is 20.3 Å². The van der Waals surface area contributed by atoms with Gasteiger partial charge in [-0.1, -0.05) is 15.5 Å². The number of nitrogens with zero attached hydrogens (tertiary/aromatic N) is 1. The number of carbonyl (C=O) groups excluding carboxylic acids is 2. The normalized spacial score (nSPS) is 18.2. The first-order valence-corrected chi connectivity index (χ1v) is 12.6. The Morgan fingerprint density at radius 1 is 1.22 bits per heavy atom. The van der Waals surface area contributed by atoms with Crippen LogP contribution >= 0.6 is 11.6 Å². The third-order valence-electron chi connectivity index (χ3n) is 5.99. The van der Waals surface area contributed by atoms with Crippen LogP contribution in [-0.2, 0) is 36.0 Å². The molecule has 0 bridgehead atoms. The first-order valence-electron chi connectivity index (χ1n) is 11.9. The quantitative estimate of drug-likeness (QED) is 0.338. The van der Waals surface area contributed by atoms with E-state index in [0.717, 1.165) is 10.0 Å². The van der Waals surface area contributed by atoms with Gasteiger partial charge in [-0.2, -0.15) is 0 Å². The zero-order chi connectivity index (χ0) is 28.2. The summed E-state index contributed by atoms with van der Waals surface area (Å²) in [6.45, 7) is 12.4. The van der Waals surface area contributed by atoms with Gasteiger partial charge in [-0.3, -0.25) is 0 Å². The van der Waals surface area contributed by atoms with Gasteiger partial charge in [0.25, 0.3) is 12.4 Å². The lowest BCUT2D eigenvalue weighted by Gasteiger charge is -2.32. The van der Waals surface area contributed by atoms with Crippen LogP contribution in [0.1, 0.15) is 54.9 Å². The van der Waals surface area contributed by atoms with Crippen molar-refractivity contribution in [1.29, 1.82) is 0 Å². The summed E-state index contributed by atoms with van der Waals surface area (Å²) in [5, 5.41) is 2.75. The second kappa shape index (κ2) is 12.3. The van der Waals surface area contributed by atoms with Gasteiger partial charge < -0.3 is 28.8 Å². The highest BCUT2D eigenvalue weighted by Crippen LogP contribution is 2.38. The maximum atomic E-state index is 14.2. The molecule has 0 aliphatic carbocycles. The van der Waals surface area contributed by atoms with E-state index in [-0.39, 0.29) is 30.4 Å². The summed E-state index contributed by atoms with van der Waals surface area (Å²) in [5.74, 6) is -2.06. The van der Waals surface area contributed by atoms with Crippen LogP contribution in [0.4, 0.5) is 9.18 Å². The molecule has 1 heterocycles. The fraction of sp³-hybridized carbons (Fsp3) is 0.667. The number of methoxy groups -OCH3 is 1. The molecule has 2 amide bonds. The Labute approximate surface area is 228 Å². The van der Waals surface area contributed by atoms with Crippen LogP contribution in [0.3, 0.4) is 0 Å². The van der Waals surface area contributed by atoms with Crippen molar-refractivity contribution in [2.45, 2.75) is 83.7 Å². The van der Waals surface area contributed by atoms with Crippen molar-refractivity contribution < 1.29 is 41.4 Å². The maximum Gasteiger partial charge on any atom is 0.535 e. The van der Waals surface area contributed by atoms with E-state index in [4.69, 9.17) is 47.5 Å². The van der Waals surface area contributed by atoms with Gasteiger partial charge in [0.15, 0.2) is 17.6 Å². The van der Waals surface area contributed by atoms with Crippen LogP contribution in [-0.4, -0.2) is 72.2 Å². The molecule has 13 heteroatoms. The summed E-state index contributed by atoms with van der Waals surface area (Å²) >= 11 is 11.3. The van der Waals surface area contributed by atoms with Crippen molar-refractivity contribution in [3.63, 3.8) is 0 Å². The van der Waals surface area contributed by atoms with Crippen LogP contribution in [0.15, 0.2) is 18.2 Å². The summed E-state index contributed by atoms with van der Waals surface area (Å²) in [7, 11) is 0.486. The van der Waals surface area contributed by atoms with E-state index in [1.807, 2.05) is 27.7 Å². The number of rotatable bonds is 10. The molecule has 0 saturated carbocycles.